The summed E-state index contributed by atoms with van der Waals surface area (Å²) >= 11 is 0. The maximum atomic E-state index is 9.57. The molecule has 1 nitrogen and oxygen atoms in total. The molecule has 1 aliphatic carbocycles. The van der Waals surface area contributed by atoms with E-state index in [1.807, 2.05) is 25.2 Å². The highest BCUT2D eigenvalue weighted by Crippen LogP contribution is 2.19. The van der Waals surface area contributed by atoms with Crippen molar-refractivity contribution in [2.75, 3.05) is 0 Å². The van der Waals surface area contributed by atoms with E-state index in [1.165, 1.54) is 0 Å². The van der Waals surface area contributed by atoms with Gasteiger partial charge >= 0.3 is 0 Å². The molecular formula is C10H14O. The fraction of sp³-hybridized carbons (Fsp3) is 0.400. The Morgan fingerprint density at radius 3 is 2.82 bits per heavy atom. The average Bonchev–Trinajstić information content (AvgIpc) is 2.05. The van der Waals surface area contributed by atoms with Crippen LogP contribution in [0.3, 0.4) is 0 Å². The molecule has 0 aliphatic heterocycles. The number of hydrogen-bond donors (Lipinski definition) is 1. The van der Waals surface area contributed by atoms with E-state index in [-0.39, 0.29) is 12.0 Å². The summed E-state index contributed by atoms with van der Waals surface area (Å²) in [6.45, 7) is 5.58. The minimum absolute atomic E-state index is 0.234. The molecule has 0 spiro atoms. The predicted molar refractivity (Wildman–Crippen MR) is 47.2 cm³/mol. The average molecular weight is 150 g/mol. The minimum atomic E-state index is -0.379. The van der Waals surface area contributed by atoms with Gasteiger partial charge in [-0.05, 0) is 13.3 Å². The lowest BCUT2D eigenvalue weighted by Crippen LogP contribution is -2.19. The third-order valence-corrected chi connectivity index (χ3v) is 1.92. The molecule has 0 saturated heterocycles. The molecule has 0 aromatic carbocycles. The molecule has 0 aromatic heterocycles. The Morgan fingerprint density at radius 2 is 2.36 bits per heavy atom. The minimum Gasteiger partial charge on any atom is -0.388 e. The van der Waals surface area contributed by atoms with Gasteiger partial charge < -0.3 is 5.11 Å². The van der Waals surface area contributed by atoms with Gasteiger partial charge in [-0.15, -0.1) is 0 Å². The lowest BCUT2D eigenvalue weighted by atomic mass is 9.91. The molecule has 60 valence electrons. The number of allylic oxidation sites excluding steroid dienone is 3. The van der Waals surface area contributed by atoms with E-state index in [4.69, 9.17) is 0 Å². The van der Waals surface area contributed by atoms with Crippen molar-refractivity contribution in [2.45, 2.75) is 19.4 Å². The quantitative estimate of drug-likeness (QED) is 0.597. The third kappa shape index (κ3) is 2.05. The van der Waals surface area contributed by atoms with Gasteiger partial charge in [0.2, 0.25) is 0 Å². The summed E-state index contributed by atoms with van der Waals surface area (Å²) in [5.41, 5.74) is 0.843. The number of hydrogen-bond acceptors (Lipinski definition) is 1. The topological polar surface area (TPSA) is 20.2 Å². The summed E-state index contributed by atoms with van der Waals surface area (Å²) in [7, 11) is 0. The van der Waals surface area contributed by atoms with Crippen LogP contribution in [0, 0.1) is 5.92 Å². The molecule has 1 heteroatoms. The Hall–Kier alpha value is -0.820. The van der Waals surface area contributed by atoms with Gasteiger partial charge in [0.15, 0.2) is 0 Å². The van der Waals surface area contributed by atoms with Gasteiger partial charge in [0.1, 0.15) is 0 Å². The maximum Gasteiger partial charge on any atom is 0.0810 e. The van der Waals surface area contributed by atoms with Crippen LogP contribution in [0.25, 0.3) is 0 Å². The van der Waals surface area contributed by atoms with E-state index in [9.17, 15) is 5.11 Å². The fourth-order valence-electron chi connectivity index (χ4n) is 1.20. The third-order valence-electron chi connectivity index (χ3n) is 1.92. The molecule has 0 amide bonds. The summed E-state index contributed by atoms with van der Waals surface area (Å²) in [5, 5.41) is 9.57. The van der Waals surface area contributed by atoms with Crippen LogP contribution in [0.15, 0.2) is 36.5 Å². The van der Waals surface area contributed by atoms with Crippen LogP contribution < -0.4 is 0 Å². The second kappa shape index (κ2) is 3.54. The Bertz CT molecular complexity index is 201. The van der Waals surface area contributed by atoms with Gasteiger partial charge in [-0.25, -0.2) is 0 Å². The molecule has 0 radical (unpaired) electrons. The van der Waals surface area contributed by atoms with Gasteiger partial charge in [-0.3, -0.25) is 0 Å². The number of aliphatic hydroxyl groups excluding tert-OH is 1. The van der Waals surface area contributed by atoms with E-state index in [2.05, 4.69) is 12.7 Å². The second-order valence-electron chi connectivity index (χ2n) is 3.00. The van der Waals surface area contributed by atoms with Crippen molar-refractivity contribution in [3.8, 4) is 0 Å². The Balaban J connectivity index is 2.55. The highest BCUT2D eigenvalue weighted by atomic mass is 16.3. The molecule has 0 fully saturated rings. The molecule has 1 N–H and O–H groups in total. The maximum absolute atomic E-state index is 9.57. The summed E-state index contributed by atoms with van der Waals surface area (Å²) in [6, 6.07) is 0. The van der Waals surface area contributed by atoms with Gasteiger partial charge in [-0.2, -0.15) is 0 Å². The Morgan fingerprint density at radius 1 is 1.64 bits per heavy atom. The largest absolute Gasteiger partial charge is 0.388 e. The summed E-state index contributed by atoms with van der Waals surface area (Å²) in [6.07, 6.45) is 8.61. The summed E-state index contributed by atoms with van der Waals surface area (Å²) in [5.74, 6) is 0.234. The standard InChI is InChI=1S/C10H14O/c1-8(2)10(11)9-6-4-3-5-7-9/h3-6,9-11H,1,7H2,2H3. The Kier molecular flexibility index (Phi) is 2.66. The van der Waals surface area contributed by atoms with Crippen LogP contribution in [0.4, 0.5) is 0 Å². The first-order valence-electron chi connectivity index (χ1n) is 3.88. The molecule has 2 atom stereocenters. The smallest absolute Gasteiger partial charge is 0.0810 e. The van der Waals surface area contributed by atoms with E-state index in [1.54, 1.807) is 0 Å². The van der Waals surface area contributed by atoms with Gasteiger partial charge in [-0.1, -0.05) is 36.5 Å². The normalized spacial score (nSPS) is 25.1. The van der Waals surface area contributed by atoms with E-state index in [0.29, 0.717) is 0 Å². The summed E-state index contributed by atoms with van der Waals surface area (Å²) in [4.78, 5) is 0. The van der Waals surface area contributed by atoms with Gasteiger partial charge in [0.25, 0.3) is 0 Å². The second-order valence-corrected chi connectivity index (χ2v) is 3.00. The zero-order valence-electron chi connectivity index (χ0n) is 6.83. The van der Waals surface area contributed by atoms with Crippen LogP contribution in [0.1, 0.15) is 13.3 Å². The predicted octanol–water partition coefficient (Wildman–Crippen LogP) is 2.06. The first kappa shape index (κ1) is 8.28. The monoisotopic (exact) mass is 150 g/mol. The van der Waals surface area contributed by atoms with Crippen molar-refractivity contribution in [2.24, 2.45) is 5.92 Å². The first-order valence-corrected chi connectivity index (χ1v) is 3.88. The van der Waals surface area contributed by atoms with Crippen molar-refractivity contribution in [3.05, 3.63) is 36.5 Å². The van der Waals surface area contributed by atoms with Crippen LogP contribution in [-0.2, 0) is 0 Å². The van der Waals surface area contributed by atoms with E-state index < -0.39 is 0 Å². The lowest BCUT2D eigenvalue weighted by molar-refractivity contribution is 0.166. The molecule has 1 aliphatic rings. The molecule has 0 aromatic rings. The zero-order valence-corrected chi connectivity index (χ0v) is 6.83. The van der Waals surface area contributed by atoms with Crippen molar-refractivity contribution in [1.82, 2.24) is 0 Å². The fourth-order valence-corrected chi connectivity index (χ4v) is 1.20. The van der Waals surface area contributed by atoms with Gasteiger partial charge in [0.05, 0.1) is 6.10 Å². The van der Waals surface area contributed by atoms with Crippen molar-refractivity contribution in [1.29, 1.82) is 0 Å². The first-order chi connectivity index (χ1) is 5.22. The van der Waals surface area contributed by atoms with Gasteiger partial charge in [0, 0.05) is 5.92 Å². The SMILES string of the molecule is C=C(C)C(O)C1C=CC=CC1. The molecule has 0 bridgehead atoms. The van der Waals surface area contributed by atoms with Crippen LogP contribution in [0.5, 0.6) is 0 Å². The molecule has 0 heterocycles. The molecule has 11 heavy (non-hydrogen) atoms. The highest BCUT2D eigenvalue weighted by Gasteiger charge is 2.16. The Labute approximate surface area is 67.7 Å². The zero-order chi connectivity index (χ0) is 8.27. The van der Waals surface area contributed by atoms with E-state index >= 15 is 0 Å². The van der Waals surface area contributed by atoms with Crippen molar-refractivity contribution >= 4 is 0 Å². The van der Waals surface area contributed by atoms with Crippen molar-refractivity contribution < 1.29 is 5.11 Å². The van der Waals surface area contributed by atoms with Crippen LogP contribution in [-0.4, -0.2) is 11.2 Å². The number of aliphatic hydroxyl groups is 1. The molecule has 2 unspecified atom stereocenters. The lowest BCUT2D eigenvalue weighted by Gasteiger charge is -2.19. The molecule has 1 rings (SSSR count). The van der Waals surface area contributed by atoms with E-state index in [0.717, 1.165) is 12.0 Å². The summed E-state index contributed by atoms with van der Waals surface area (Å²) < 4.78 is 0. The number of rotatable bonds is 2. The van der Waals surface area contributed by atoms with Crippen molar-refractivity contribution in [3.63, 3.8) is 0 Å². The molecule has 0 saturated carbocycles. The van der Waals surface area contributed by atoms with Crippen LogP contribution in [0.2, 0.25) is 0 Å². The van der Waals surface area contributed by atoms with Crippen LogP contribution >= 0.6 is 0 Å². The molecular weight excluding hydrogens is 136 g/mol. The highest BCUT2D eigenvalue weighted by molar-refractivity contribution is 5.16.